The van der Waals surface area contributed by atoms with Gasteiger partial charge in [0.1, 0.15) is 6.29 Å². The fraction of sp³-hybridized carbons (Fsp3) is 0.900. The van der Waals surface area contributed by atoms with Crippen molar-refractivity contribution in [2.75, 3.05) is 6.54 Å². The molecule has 70 valence electrons. The molecule has 0 aromatic rings. The third-order valence-corrected chi connectivity index (χ3v) is 2.88. The van der Waals surface area contributed by atoms with Crippen LogP contribution in [0.1, 0.15) is 39.5 Å². The van der Waals surface area contributed by atoms with Gasteiger partial charge >= 0.3 is 0 Å². The Hall–Kier alpha value is -0.370. The van der Waals surface area contributed by atoms with Crippen LogP contribution in [0.5, 0.6) is 0 Å². The fourth-order valence-corrected chi connectivity index (χ4v) is 2.12. The van der Waals surface area contributed by atoms with Gasteiger partial charge in [0.15, 0.2) is 0 Å². The summed E-state index contributed by atoms with van der Waals surface area (Å²) in [5, 5.41) is 0. The van der Waals surface area contributed by atoms with Crippen LogP contribution in [-0.2, 0) is 4.79 Å². The second-order valence-electron chi connectivity index (χ2n) is 3.82. The number of carbonyl (C=O) groups excluding carboxylic acids is 1. The van der Waals surface area contributed by atoms with E-state index in [0.717, 1.165) is 12.8 Å². The first-order chi connectivity index (χ1) is 5.75. The van der Waals surface area contributed by atoms with Crippen LogP contribution in [0.4, 0.5) is 0 Å². The highest BCUT2D eigenvalue weighted by atomic mass is 16.1. The Balaban J connectivity index is 2.39. The molecule has 0 bridgehead atoms. The first-order valence-corrected chi connectivity index (χ1v) is 4.95. The molecule has 1 aliphatic rings. The Bertz CT molecular complexity index is 137. The summed E-state index contributed by atoms with van der Waals surface area (Å²) in [6, 6.07) is 1.35. The Morgan fingerprint density at radius 1 is 1.33 bits per heavy atom. The quantitative estimate of drug-likeness (QED) is 0.601. The van der Waals surface area contributed by atoms with Gasteiger partial charge in [0.25, 0.3) is 0 Å². The van der Waals surface area contributed by atoms with Gasteiger partial charge in [-0.25, -0.2) is 0 Å². The number of piperidine rings is 1. The number of hydrogen-bond acceptors (Lipinski definition) is 2. The summed E-state index contributed by atoms with van der Waals surface area (Å²) >= 11 is 0. The maximum atomic E-state index is 10.2. The number of aldehydes is 1. The van der Waals surface area contributed by atoms with Gasteiger partial charge in [0.05, 0.1) is 0 Å². The molecule has 12 heavy (non-hydrogen) atoms. The van der Waals surface area contributed by atoms with Crippen LogP contribution in [0.25, 0.3) is 0 Å². The fourth-order valence-electron chi connectivity index (χ4n) is 2.12. The number of carbonyl (C=O) groups is 1. The van der Waals surface area contributed by atoms with Crippen molar-refractivity contribution in [1.82, 2.24) is 4.90 Å². The van der Waals surface area contributed by atoms with E-state index in [1.165, 1.54) is 19.3 Å². The van der Waals surface area contributed by atoms with Gasteiger partial charge in [0.2, 0.25) is 0 Å². The lowest BCUT2D eigenvalue weighted by molar-refractivity contribution is -0.108. The van der Waals surface area contributed by atoms with Crippen molar-refractivity contribution in [2.24, 2.45) is 0 Å². The van der Waals surface area contributed by atoms with E-state index < -0.39 is 0 Å². The van der Waals surface area contributed by atoms with Crippen LogP contribution in [0, 0.1) is 0 Å². The predicted octanol–water partition coefficient (Wildman–Crippen LogP) is 1.84. The van der Waals surface area contributed by atoms with Gasteiger partial charge in [-0.1, -0.05) is 6.42 Å². The monoisotopic (exact) mass is 169 g/mol. The summed E-state index contributed by atoms with van der Waals surface area (Å²) in [6.45, 7) is 5.48. The van der Waals surface area contributed by atoms with Gasteiger partial charge < -0.3 is 4.79 Å². The van der Waals surface area contributed by atoms with Gasteiger partial charge in [-0.2, -0.15) is 0 Å². The normalized spacial score (nSPS) is 31.8. The molecule has 0 N–H and O–H groups in total. The lowest BCUT2D eigenvalue weighted by atomic mass is 9.97. The number of hydrogen-bond donors (Lipinski definition) is 0. The highest BCUT2D eigenvalue weighted by molar-refractivity contribution is 5.49. The molecule has 0 unspecified atom stereocenters. The summed E-state index contributed by atoms with van der Waals surface area (Å²) in [4.78, 5) is 12.7. The zero-order valence-corrected chi connectivity index (χ0v) is 8.12. The molecule has 0 aliphatic carbocycles. The first-order valence-electron chi connectivity index (χ1n) is 4.95. The van der Waals surface area contributed by atoms with Crippen molar-refractivity contribution >= 4 is 6.29 Å². The van der Waals surface area contributed by atoms with E-state index >= 15 is 0 Å². The molecule has 1 fully saturated rings. The lowest BCUT2D eigenvalue weighted by Crippen LogP contribution is -2.44. The molecule has 0 amide bonds. The van der Waals surface area contributed by atoms with Gasteiger partial charge in [-0.3, -0.25) is 4.90 Å². The van der Waals surface area contributed by atoms with E-state index in [1.54, 1.807) is 0 Å². The molecule has 0 saturated carbocycles. The maximum Gasteiger partial charge on any atom is 0.121 e. The van der Waals surface area contributed by atoms with Crippen molar-refractivity contribution in [2.45, 2.75) is 51.6 Å². The summed E-state index contributed by atoms with van der Waals surface area (Å²) in [5.41, 5.74) is 0. The zero-order chi connectivity index (χ0) is 8.97. The third kappa shape index (κ3) is 2.31. The minimum Gasteiger partial charge on any atom is -0.303 e. The molecule has 0 aromatic carbocycles. The number of likely N-dealkylation sites (tertiary alicyclic amines) is 1. The smallest absolute Gasteiger partial charge is 0.121 e. The van der Waals surface area contributed by atoms with Crippen molar-refractivity contribution in [3.8, 4) is 0 Å². The van der Waals surface area contributed by atoms with Gasteiger partial charge in [-0.15, -0.1) is 0 Å². The molecule has 1 saturated heterocycles. The molecule has 2 atom stereocenters. The van der Waals surface area contributed by atoms with Gasteiger partial charge in [0, 0.05) is 25.0 Å². The predicted molar refractivity (Wildman–Crippen MR) is 50.2 cm³/mol. The second-order valence-corrected chi connectivity index (χ2v) is 3.82. The van der Waals surface area contributed by atoms with E-state index in [1.807, 2.05) is 0 Å². The van der Waals surface area contributed by atoms with Crippen molar-refractivity contribution in [1.29, 1.82) is 0 Å². The highest BCUT2D eigenvalue weighted by Gasteiger charge is 2.23. The minimum absolute atomic E-state index is 0.675. The standard InChI is InChI=1S/C10H19NO/c1-9-5-3-6-10(2)11(9)7-4-8-12/h8-10H,3-7H2,1-2H3/t9-,10+. The Morgan fingerprint density at radius 2 is 1.92 bits per heavy atom. The molecule has 0 radical (unpaired) electrons. The summed E-state index contributed by atoms with van der Waals surface area (Å²) < 4.78 is 0. The van der Waals surface area contributed by atoms with Crippen LogP contribution in [0.2, 0.25) is 0 Å². The Kier molecular flexibility index (Phi) is 3.73. The van der Waals surface area contributed by atoms with Crippen LogP contribution in [0.3, 0.4) is 0 Å². The molecule has 0 spiro atoms. The summed E-state index contributed by atoms with van der Waals surface area (Å²) in [5.74, 6) is 0. The number of nitrogens with zero attached hydrogens (tertiary/aromatic N) is 1. The Morgan fingerprint density at radius 3 is 2.42 bits per heavy atom. The molecule has 1 heterocycles. The van der Waals surface area contributed by atoms with E-state index in [9.17, 15) is 4.79 Å². The highest BCUT2D eigenvalue weighted by Crippen LogP contribution is 2.21. The first kappa shape index (κ1) is 9.72. The average molecular weight is 169 g/mol. The van der Waals surface area contributed by atoms with Crippen LogP contribution < -0.4 is 0 Å². The molecule has 0 aromatic heterocycles. The lowest BCUT2D eigenvalue weighted by Gasteiger charge is -2.38. The molecule has 2 nitrogen and oxygen atoms in total. The zero-order valence-electron chi connectivity index (χ0n) is 8.12. The Labute approximate surface area is 74.9 Å². The van der Waals surface area contributed by atoms with Crippen LogP contribution >= 0.6 is 0 Å². The third-order valence-electron chi connectivity index (χ3n) is 2.88. The largest absolute Gasteiger partial charge is 0.303 e. The minimum atomic E-state index is 0.675. The van der Waals surface area contributed by atoms with Gasteiger partial charge in [-0.05, 0) is 26.7 Å². The molecular formula is C10H19NO. The molecular weight excluding hydrogens is 150 g/mol. The topological polar surface area (TPSA) is 20.3 Å². The SMILES string of the molecule is C[C@@H]1CCC[C@H](C)N1CCC=O. The molecule has 2 heteroatoms. The van der Waals surface area contributed by atoms with Crippen LogP contribution in [0.15, 0.2) is 0 Å². The second kappa shape index (κ2) is 4.61. The van der Waals surface area contributed by atoms with E-state index in [2.05, 4.69) is 18.7 Å². The summed E-state index contributed by atoms with van der Waals surface area (Å²) in [7, 11) is 0. The van der Waals surface area contributed by atoms with E-state index in [4.69, 9.17) is 0 Å². The van der Waals surface area contributed by atoms with Crippen LogP contribution in [-0.4, -0.2) is 29.8 Å². The van der Waals surface area contributed by atoms with E-state index in [0.29, 0.717) is 18.5 Å². The maximum absolute atomic E-state index is 10.2. The molecule has 1 rings (SSSR count). The summed E-state index contributed by atoms with van der Waals surface area (Å²) in [6.07, 6.45) is 5.65. The average Bonchev–Trinajstić information content (AvgIpc) is 2.04. The molecule has 1 aliphatic heterocycles. The van der Waals surface area contributed by atoms with Crippen molar-refractivity contribution in [3.63, 3.8) is 0 Å². The number of rotatable bonds is 3. The van der Waals surface area contributed by atoms with Crippen molar-refractivity contribution < 1.29 is 4.79 Å². The van der Waals surface area contributed by atoms with Crippen molar-refractivity contribution in [3.05, 3.63) is 0 Å². The van der Waals surface area contributed by atoms with E-state index in [-0.39, 0.29) is 0 Å².